The molecule has 0 saturated heterocycles. The van der Waals surface area contributed by atoms with Crippen LogP contribution in [0.3, 0.4) is 0 Å². The van der Waals surface area contributed by atoms with Crippen LogP contribution in [0.1, 0.15) is 21.6 Å². The fourth-order valence-electron chi connectivity index (χ4n) is 3.25. The van der Waals surface area contributed by atoms with Crippen LogP contribution in [0.4, 0.5) is 8.78 Å². The molecule has 0 aliphatic heterocycles. The first-order chi connectivity index (χ1) is 16.1. The second-order valence-corrected chi connectivity index (χ2v) is 7.71. The highest BCUT2D eigenvalue weighted by atomic mass is 35.5. The molecule has 0 saturated carbocycles. The molecule has 0 bridgehead atoms. The molecule has 0 aliphatic rings. The Morgan fingerprint density at radius 3 is 2.53 bits per heavy atom. The van der Waals surface area contributed by atoms with Gasteiger partial charge in [-0.2, -0.15) is 4.39 Å². The van der Waals surface area contributed by atoms with Crippen LogP contribution >= 0.6 is 11.6 Å². The summed E-state index contributed by atoms with van der Waals surface area (Å²) in [6, 6.07) is 8.55. The maximum atomic E-state index is 14.3. The van der Waals surface area contributed by atoms with Gasteiger partial charge in [0.2, 0.25) is 5.82 Å². The van der Waals surface area contributed by atoms with Crippen LogP contribution in [0.2, 0.25) is 5.02 Å². The van der Waals surface area contributed by atoms with Crippen LogP contribution in [0.5, 0.6) is 5.75 Å². The number of aliphatic carboxylic acids is 1. The van der Waals surface area contributed by atoms with E-state index in [0.717, 1.165) is 10.7 Å². The van der Waals surface area contributed by atoms with Gasteiger partial charge in [0, 0.05) is 16.7 Å². The van der Waals surface area contributed by atoms with Gasteiger partial charge in [0.15, 0.2) is 17.7 Å². The Bertz CT molecular complexity index is 1280. The van der Waals surface area contributed by atoms with Crippen molar-refractivity contribution in [3.8, 4) is 5.75 Å². The number of nitrogens with zero attached hydrogens (tertiary/aromatic N) is 1. The standard InChI is InChI=1S/C22H20ClF2N3O6/c1-34-16-7-6-12(18(24)19(16)25)10-28-17(29)9-15(27-28)21(31)26-14(20(30)22(32)33)8-11-4-2-3-5-13(11)23/h2-7,9,14,20,27,30H,8,10H2,1H3,(H,26,31)(H,32,33). The van der Waals surface area contributed by atoms with Crippen LogP contribution in [0.15, 0.2) is 47.3 Å². The number of benzene rings is 2. The predicted molar refractivity (Wildman–Crippen MR) is 117 cm³/mol. The average molecular weight is 496 g/mol. The largest absolute Gasteiger partial charge is 0.494 e. The molecule has 1 aromatic heterocycles. The van der Waals surface area contributed by atoms with Crippen molar-refractivity contribution < 1.29 is 33.3 Å². The lowest BCUT2D eigenvalue weighted by atomic mass is 10.0. The van der Waals surface area contributed by atoms with Crippen LogP contribution in [0, 0.1) is 11.6 Å². The molecule has 0 radical (unpaired) electrons. The van der Waals surface area contributed by atoms with Crippen molar-refractivity contribution in [2.75, 3.05) is 7.11 Å². The van der Waals surface area contributed by atoms with Crippen molar-refractivity contribution in [3.05, 3.63) is 86.3 Å². The van der Waals surface area contributed by atoms with Crippen molar-refractivity contribution in [1.82, 2.24) is 15.1 Å². The van der Waals surface area contributed by atoms with E-state index in [2.05, 4.69) is 10.4 Å². The van der Waals surface area contributed by atoms with Crippen molar-refractivity contribution in [2.24, 2.45) is 0 Å². The zero-order chi connectivity index (χ0) is 25.0. The van der Waals surface area contributed by atoms with Gasteiger partial charge >= 0.3 is 5.97 Å². The van der Waals surface area contributed by atoms with Crippen LogP contribution < -0.4 is 15.6 Å². The smallest absolute Gasteiger partial charge is 0.334 e. The number of aliphatic hydroxyl groups excluding tert-OH is 1. The minimum Gasteiger partial charge on any atom is -0.494 e. The number of halogens is 3. The van der Waals surface area contributed by atoms with Gasteiger partial charge in [-0.25, -0.2) is 13.9 Å². The number of carbonyl (C=O) groups is 2. The number of methoxy groups -OCH3 is 1. The lowest BCUT2D eigenvalue weighted by molar-refractivity contribution is -0.148. The minimum atomic E-state index is -1.97. The lowest BCUT2D eigenvalue weighted by Crippen LogP contribution is -2.48. The molecule has 2 aromatic carbocycles. The molecule has 34 heavy (non-hydrogen) atoms. The zero-order valence-corrected chi connectivity index (χ0v) is 18.5. The topological polar surface area (TPSA) is 134 Å². The third kappa shape index (κ3) is 5.43. The summed E-state index contributed by atoms with van der Waals surface area (Å²) in [6.45, 7) is -0.417. The highest BCUT2D eigenvalue weighted by Crippen LogP contribution is 2.23. The molecule has 2 atom stereocenters. The number of carboxylic acid groups (broad SMARTS) is 1. The van der Waals surface area contributed by atoms with E-state index in [9.17, 15) is 33.4 Å². The Labute approximate surface area is 196 Å². The zero-order valence-electron chi connectivity index (χ0n) is 17.7. The number of nitrogens with one attached hydrogen (secondary N) is 2. The van der Waals surface area contributed by atoms with Gasteiger partial charge < -0.3 is 20.3 Å². The van der Waals surface area contributed by atoms with Gasteiger partial charge in [-0.15, -0.1) is 0 Å². The third-order valence-electron chi connectivity index (χ3n) is 5.06. The molecule has 0 aliphatic carbocycles. The number of ether oxygens (including phenoxy) is 1. The fourth-order valence-corrected chi connectivity index (χ4v) is 3.46. The van der Waals surface area contributed by atoms with Gasteiger partial charge in [0.05, 0.1) is 19.7 Å². The molecule has 4 N–H and O–H groups in total. The summed E-state index contributed by atoms with van der Waals surface area (Å²) in [4.78, 5) is 36.3. The quantitative estimate of drug-likeness (QED) is 0.358. The molecule has 12 heteroatoms. The number of hydrogen-bond acceptors (Lipinski definition) is 5. The maximum Gasteiger partial charge on any atom is 0.334 e. The first kappa shape index (κ1) is 24.9. The Morgan fingerprint density at radius 1 is 1.18 bits per heavy atom. The number of amides is 1. The average Bonchev–Trinajstić information content (AvgIpc) is 3.17. The van der Waals surface area contributed by atoms with E-state index in [0.29, 0.717) is 10.6 Å². The Balaban J connectivity index is 1.82. The maximum absolute atomic E-state index is 14.3. The van der Waals surface area contributed by atoms with Crippen LogP contribution in [0.25, 0.3) is 0 Å². The summed E-state index contributed by atoms with van der Waals surface area (Å²) in [5.41, 5.74) is -0.687. The van der Waals surface area contributed by atoms with Gasteiger partial charge in [-0.1, -0.05) is 35.9 Å². The van der Waals surface area contributed by atoms with Crippen molar-refractivity contribution in [1.29, 1.82) is 0 Å². The first-order valence-electron chi connectivity index (χ1n) is 9.88. The number of aliphatic hydroxyl groups is 1. The van der Waals surface area contributed by atoms with E-state index in [1.165, 1.54) is 19.2 Å². The van der Waals surface area contributed by atoms with E-state index < -0.39 is 47.8 Å². The Hall–Kier alpha value is -3.70. The third-order valence-corrected chi connectivity index (χ3v) is 5.43. The SMILES string of the molecule is COc1ccc(Cn2[nH]c(C(=O)NC(Cc3ccccc3Cl)C(O)C(=O)O)cc2=O)c(F)c1F. The van der Waals surface area contributed by atoms with Gasteiger partial charge in [-0.3, -0.25) is 14.7 Å². The molecule has 9 nitrogen and oxygen atoms in total. The highest BCUT2D eigenvalue weighted by Gasteiger charge is 2.29. The van der Waals surface area contributed by atoms with E-state index in [4.69, 9.17) is 16.3 Å². The summed E-state index contributed by atoms with van der Waals surface area (Å²) in [5.74, 6) is -5.20. The molecule has 1 heterocycles. The minimum absolute atomic E-state index is 0.111. The van der Waals surface area contributed by atoms with Crippen molar-refractivity contribution in [3.63, 3.8) is 0 Å². The van der Waals surface area contributed by atoms with Crippen molar-refractivity contribution in [2.45, 2.75) is 25.1 Å². The lowest BCUT2D eigenvalue weighted by Gasteiger charge is -2.21. The monoisotopic (exact) mass is 495 g/mol. The van der Waals surface area contributed by atoms with Crippen LogP contribution in [-0.4, -0.2) is 51.1 Å². The molecular formula is C22H20ClF2N3O6. The molecule has 2 unspecified atom stereocenters. The number of carboxylic acids is 1. The molecule has 3 rings (SSSR count). The molecule has 0 spiro atoms. The second-order valence-electron chi connectivity index (χ2n) is 7.31. The second kappa shape index (κ2) is 10.5. The summed E-state index contributed by atoms with van der Waals surface area (Å²) in [6.07, 6.45) is -2.08. The predicted octanol–water partition coefficient (Wildman–Crippen LogP) is 1.95. The molecular weight excluding hydrogens is 476 g/mol. The fraction of sp³-hybridized carbons (Fsp3) is 0.227. The van der Waals surface area contributed by atoms with Gasteiger partial charge in [0.25, 0.3) is 11.5 Å². The number of aromatic amines is 1. The summed E-state index contributed by atoms with van der Waals surface area (Å²) < 4.78 is 33.8. The van der Waals surface area contributed by atoms with Crippen molar-refractivity contribution >= 4 is 23.5 Å². The number of rotatable bonds is 9. The highest BCUT2D eigenvalue weighted by molar-refractivity contribution is 6.31. The van der Waals surface area contributed by atoms with E-state index in [1.54, 1.807) is 24.3 Å². The number of aromatic nitrogens is 2. The van der Waals surface area contributed by atoms with E-state index in [1.807, 2.05) is 0 Å². The molecule has 180 valence electrons. The van der Waals surface area contributed by atoms with E-state index >= 15 is 0 Å². The molecule has 0 fully saturated rings. The molecule has 1 amide bonds. The summed E-state index contributed by atoms with van der Waals surface area (Å²) >= 11 is 6.09. The van der Waals surface area contributed by atoms with Crippen LogP contribution in [-0.2, 0) is 17.8 Å². The number of hydrogen-bond donors (Lipinski definition) is 4. The summed E-state index contributed by atoms with van der Waals surface area (Å²) in [7, 11) is 1.18. The first-order valence-corrected chi connectivity index (χ1v) is 10.3. The number of carbonyl (C=O) groups excluding carboxylic acids is 1. The Kier molecular flexibility index (Phi) is 7.69. The summed E-state index contributed by atoms with van der Waals surface area (Å²) in [5, 5.41) is 24.4. The van der Waals surface area contributed by atoms with E-state index in [-0.39, 0.29) is 23.4 Å². The normalized spacial score (nSPS) is 12.7. The van der Waals surface area contributed by atoms with Gasteiger partial charge in [0.1, 0.15) is 5.69 Å². The van der Waals surface area contributed by atoms with Gasteiger partial charge in [-0.05, 0) is 24.1 Å². The Morgan fingerprint density at radius 2 is 1.88 bits per heavy atom. The number of H-pyrrole nitrogens is 1. The molecule has 3 aromatic rings.